The minimum atomic E-state index is -0.513. The maximum atomic E-state index is 13.5. The first-order valence-corrected chi connectivity index (χ1v) is 9.75. The third-order valence-electron chi connectivity index (χ3n) is 3.74. The van der Waals surface area contributed by atoms with Crippen molar-refractivity contribution in [3.05, 3.63) is 76.8 Å². The van der Waals surface area contributed by atoms with Crippen molar-refractivity contribution in [3.63, 3.8) is 0 Å². The molecule has 0 radical (unpaired) electrons. The molecule has 3 rings (SSSR count). The second-order valence-electron chi connectivity index (χ2n) is 5.96. The third-order valence-corrected chi connectivity index (χ3v) is 4.67. The number of halogens is 1. The molecule has 0 aliphatic rings. The summed E-state index contributed by atoms with van der Waals surface area (Å²) in [6.45, 7) is 0. The largest absolute Gasteiger partial charge is 0.325 e. The lowest BCUT2D eigenvalue weighted by Crippen LogP contribution is -2.18. The lowest BCUT2D eigenvalue weighted by molar-refractivity contribution is -0.114. The number of hydrogen-bond acceptors (Lipinski definition) is 5. The van der Waals surface area contributed by atoms with Gasteiger partial charge in [-0.2, -0.15) is 5.10 Å². The maximum Gasteiger partial charge on any atom is 0.264 e. The van der Waals surface area contributed by atoms with Crippen molar-refractivity contribution < 1.29 is 14.0 Å². The first kappa shape index (κ1) is 20.3. The van der Waals surface area contributed by atoms with Crippen LogP contribution in [0.2, 0.25) is 0 Å². The highest BCUT2D eigenvalue weighted by Crippen LogP contribution is 2.20. The predicted octanol–water partition coefficient (Wildman–Crippen LogP) is 2.89. The van der Waals surface area contributed by atoms with Gasteiger partial charge in [0, 0.05) is 17.3 Å². The van der Waals surface area contributed by atoms with Crippen LogP contribution in [0.25, 0.3) is 11.3 Å². The molecule has 0 bridgehead atoms. The maximum absolute atomic E-state index is 13.5. The average molecular weight is 412 g/mol. The molecule has 1 heterocycles. The second-order valence-corrected chi connectivity index (χ2v) is 6.94. The molecule has 148 valence electrons. The normalized spacial score (nSPS) is 10.4. The van der Waals surface area contributed by atoms with E-state index in [-0.39, 0.29) is 34.6 Å². The first-order valence-electron chi connectivity index (χ1n) is 8.59. The summed E-state index contributed by atoms with van der Waals surface area (Å²) in [5.41, 5.74) is 1.68. The number of aromatic nitrogens is 2. The summed E-state index contributed by atoms with van der Waals surface area (Å²) in [5, 5.41) is 11.5. The van der Waals surface area contributed by atoms with Gasteiger partial charge in [-0.25, -0.2) is 9.49 Å². The van der Waals surface area contributed by atoms with Crippen molar-refractivity contribution in [1.29, 1.82) is 0 Å². The van der Waals surface area contributed by atoms with E-state index in [4.69, 9.17) is 0 Å². The van der Waals surface area contributed by atoms with Gasteiger partial charge >= 0.3 is 0 Å². The number of thioether (sulfide) groups is 1. The summed E-state index contributed by atoms with van der Waals surface area (Å²) in [6, 6.07) is 15.9. The van der Waals surface area contributed by atoms with E-state index in [1.54, 1.807) is 36.4 Å². The van der Waals surface area contributed by atoms with Gasteiger partial charge in [0.2, 0.25) is 11.8 Å². The summed E-state index contributed by atoms with van der Waals surface area (Å²) in [6.07, 6.45) is 0. The van der Waals surface area contributed by atoms with E-state index in [1.165, 1.54) is 24.3 Å². The molecule has 3 N–H and O–H groups in total. The first-order chi connectivity index (χ1) is 14.0. The summed E-state index contributed by atoms with van der Waals surface area (Å²) in [4.78, 5) is 35.1. The predicted molar refractivity (Wildman–Crippen MR) is 111 cm³/mol. The van der Waals surface area contributed by atoms with Gasteiger partial charge in [0.05, 0.1) is 22.9 Å². The molecule has 1 aromatic heterocycles. The number of rotatable bonds is 7. The van der Waals surface area contributed by atoms with Crippen LogP contribution in [0.15, 0.2) is 65.5 Å². The van der Waals surface area contributed by atoms with Crippen LogP contribution in [0.1, 0.15) is 0 Å². The SMILES string of the molecule is O=C(CSCC(=O)Nc1ccccc1F)Nc1cccc(-c2ccc(=O)[nH]n2)c1. The number of aromatic amines is 1. The lowest BCUT2D eigenvalue weighted by atomic mass is 10.1. The van der Waals surface area contributed by atoms with Crippen LogP contribution in [-0.2, 0) is 9.59 Å². The Labute approximate surface area is 169 Å². The molecule has 3 aromatic rings. The molecule has 0 aliphatic carbocycles. The van der Waals surface area contributed by atoms with Gasteiger partial charge in [-0.1, -0.05) is 24.3 Å². The van der Waals surface area contributed by atoms with E-state index in [0.29, 0.717) is 11.4 Å². The smallest absolute Gasteiger partial charge is 0.264 e. The molecule has 7 nitrogen and oxygen atoms in total. The number of para-hydroxylation sites is 1. The quantitative estimate of drug-likeness (QED) is 0.554. The fourth-order valence-corrected chi connectivity index (χ4v) is 3.06. The zero-order valence-electron chi connectivity index (χ0n) is 15.1. The summed E-state index contributed by atoms with van der Waals surface area (Å²) in [7, 11) is 0. The Hall–Kier alpha value is -3.46. The molecular formula is C20H17FN4O3S. The van der Waals surface area contributed by atoms with Crippen LogP contribution >= 0.6 is 11.8 Å². The minimum Gasteiger partial charge on any atom is -0.325 e. The Morgan fingerprint density at radius 1 is 0.966 bits per heavy atom. The molecule has 0 atom stereocenters. The van der Waals surface area contributed by atoms with E-state index in [1.807, 2.05) is 0 Å². The van der Waals surface area contributed by atoms with Crippen molar-refractivity contribution in [2.75, 3.05) is 22.1 Å². The van der Waals surface area contributed by atoms with Crippen molar-refractivity contribution in [2.24, 2.45) is 0 Å². The van der Waals surface area contributed by atoms with Gasteiger partial charge < -0.3 is 10.6 Å². The number of nitrogens with one attached hydrogen (secondary N) is 3. The van der Waals surface area contributed by atoms with Crippen molar-refractivity contribution in [2.45, 2.75) is 0 Å². The Morgan fingerprint density at radius 3 is 2.45 bits per heavy atom. The number of benzene rings is 2. The molecule has 9 heteroatoms. The molecule has 0 fully saturated rings. The summed E-state index contributed by atoms with van der Waals surface area (Å²) in [5.74, 6) is -1.10. The number of anilines is 2. The molecule has 0 aliphatic heterocycles. The molecule has 0 unspecified atom stereocenters. The Morgan fingerprint density at radius 2 is 1.72 bits per heavy atom. The Kier molecular flexibility index (Phi) is 6.75. The highest BCUT2D eigenvalue weighted by Gasteiger charge is 2.09. The molecule has 0 saturated heterocycles. The van der Waals surface area contributed by atoms with Crippen molar-refractivity contribution >= 4 is 35.0 Å². The van der Waals surface area contributed by atoms with Crippen LogP contribution in [0.5, 0.6) is 0 Å². The van der Waals surface area contributed by atoms with Gasteiger partial charge in [-0.15, -0.1) is 11.8 Å². The summed E-state index contributed by atoms with van der Waals surface area (Å²) < 4.78 is 13.5. The molecule has 0 saturated carbocycles. The standard InChI is InChI=1S/C20H17FN4O3S/c21-15-6-1-2-7-17(15)23-20(28)12-29-11-19(27)22-14-5-3-4-13(10-14)16-8-9-18(26)25-24-16/h1-10H,11-12H2,(H,22,27)(H,23,28)(H,25,26). The highest BCUT2D eigenvalue weighted by molar-refractivity contribution is 8.00. The molecule has 2 amide bonds. The number of amides is 2. The fraction of sp³-hybridized carbons (Fsp3) is 0.100. The number of H-pyrrole nitrogens is 1. The van der Waals surface area contributed by atoms with Gasteiger partial charge in [0.25, 0.3) is 5.56 Å². The topological polar surface area (TPSA) is 104 Å². The van der Waals surface area contributed by atoms with Crippen LogP contribution in [0.4, 0.5) is 15.8 Å². The molecular weight excluding hydrogens is 395 g/mol. The van der Waals surface area contributed by atoms with Crippen LogP contribution in [0.3, 0.4) is 0 Å². The van der Waals surface area contributed by atoms with E-state index in [9.17, 15) is 18.8 Å². The number of hydrogen-bond donors (Lipinski definition) is 3. The summed E-state index contributed by atoms with van der Waals surface area (Å²) >= 11 is 1.12. The van der Waals surface area contributed by atoms with Gasteiger partial charge in [-0.3, -0.25) is 14.4 Å². The van der Waals surface area contributed by atoms with Gasteiger partial charge in [-0.05, 0) is 30.3 Å². The van der Waals surface area contributed by atoms with Crippen LogP contribution in [-0.4, -0.2) is 33.5 Å². The number of nitrogens with zero attached hydrogens (tertiary/aromatic N) is 1. The third kappa shape index (κ3) is 6.01. The van der Waals surface area contributed by atoms with Crippen LogP contribution < -0.4 is 16.2 Å². The highest BCUT2D eigenvalue weighted by atomic mass is 32.2. The number of carbonyl (C=O) groups excluding carboxylic acids is 2. The second kappa shape index (κ2) is 9.65. The van der Waals surface area contributed by atoms with E-state index >= 15 is 0 Å². The fourth-order valence-electron chi connectivity index (χ4n) is 2.44. The molecule has 2 aromatic carbocycles. The van der Waals surface area contributed by atoms with E-state index in [2.05, 4.69) is 20.8 Å². The van der Waals surface area contributed by atoms with Crippen LogP contribution in [0, 0.1) is 5.82 Å². The average Bonchev–Trinajstić information content (AvgIpc) is 2.70. The zero-order chi connectivity index (χ0) is 20.6. The molecule has 0 spiro atoms. The Bertz CT molecular complexity index is 1070. The zero-order valence-corrected chi connectivity index (χ0v) is 16.0. The molecule has 29 heavy (non-hydrogen) atoms. The van der Waals surface area contributed by atoms with E-state index < -0.39 is 5.82 Å². The van der Waals surface area contributed by atoms with Gasteiger partial charge in [0.15, 0.2) is 0 Å². The van der Waals surface area contributed by atoms with Crippen molar-refractivity contribution in [3.8, 4) is 11.3 Å². The minimum absolute atomic E-state index is 0.0170. The van der Waals surface area contributed by atoms with Crippen molar-refractivity contribution in [1.82, 2.24) is 10.2 Å². The Balaban J connectivity index is 1.49. The van der Waals surface area contributed by atoms with Gasteiger partial charge in [0.1, 0.15) is 5.82 Å². The van der Waals surface area contributed by atoms with E-state index in [0.717, 1.165) is 17.3 Å². The lowest BCUT2D eigenvalue weighted by Gasteiger charge is -2.08. The number of carbonyl (C=O) groups is 2. The monoisotopic (exact) mass is 412 g/mol.